The van der Waals surface area contributed by atoms with Gasteiger partial charge in [-0.1, -0.05) is 56.5 Å². The summed E-state index contributed by atoms with van der Waals surface area (Å²) in [6.07, 6.45) is 11.7. The molecule has 0 unspecified atom stereocenters. The van der Waals surface area contributed by atoms with Gasteiger partial charge in [-0.25, -0.2) is 13.1 Å². The number of ether oxygens (including phenoxy) is 1. The van der Waals surface area contributed by atoms with E-state index in [9.17, 15) is 18.3 Å². The van der Waals surface area contributed by atoms with E-state index in [0.29, 0.717) is 43.9 Å². The Morgan fingerprint density at radius 3 is 2.77 bits per heavy atom. The molecule has 1 amide bonds. The van der Waals surface area contributed by atoms with Gasteiger partial charge in [-0.15, -0.1) is 0 Å². The molecule has 0 radical (unpaired) electrons. The number of amides is 1. The first-order valence-corrected chi connectivity index (χ1v) is 18.2. The Balaban J connectivity index is 1.44. The molecule has 2 aliphatic heterocycles. The predicted molar refractivity (Wildman–Crippen MR) is 175 cm³/mol. The first-order valence-electron chi connectivity index (χ1n) is 16.2. The maximum Gasteiger partial charge on any atom is 0.264 e. The summed E-state index contributed by atoms with van der Waals surface area (Å²) in [6, 6.07) is 11.5. The van der Waals surface area contributed by atoms with Gasteiger partial charge in [0.2, 0.25) is 10.0 Å². The summed E-state index contributed by atoms with van der Waals surface area (Å²) < 4.78 is 36.3. The number of fused-ring (bicyclic) bond motifs is 4. The van der Waals surface area contributed by atoms with Gasteiger partial charge in [0.25, 0.3) is 5.91 Å². The summed E-state index contributed by atoms with van der Waals surface area (Å²) in [5, 5.41) is 10.8. The van der Waals surface area contributed by atoms with Crippen molar-refractivity contribution in [3.8, 4) is 5.75 Å². The molecule has 7 nitrogen and oxygen atoms in total. The SMILES string of the molecule is CCCC[C@H]1[C@@H](C)C/C=C\[C@]2(CO)CC[C@H]2CN2C[C@@]3(CCCc4cc(Cl)ccc43)COc3ccc(cc32)C(=O)NS1(=O)=O. The first kappa shape index (κ1) is 31.4. The number of carbonyl (C=O) groups excluding carboxylic acids is 1. The Bertz CT molecular complexity index is 1540. The minimum absolute atomic E-state index is 0.0455. The van der Waals surface area contributed by atoms with Crippen molar-refractivity contribution in [2.75, 3.05) is 31.2 Å². The third-order valence-corrected chi connectivity index (χ3v) is 13.1. The minimum atomic E-state index is -3.93. The van der Waals surface area contributed by atoms with Gasteiger partial charge in [0.1, 0.15) is 5.75 Å². The summed E-state index contributed by atoms with van der Waals surface area (Å²) in [5.74, 6) is 0.0932. The Morgan fingerprint density at radius 2 is 2.02 bits per heavy atom. The minimum Gasteiger partial charge on any atom is -0.490 e. The maximum atomic E-state index is 13.7. The van der Waals surface area contributed by atoms with Crippen molar-refractivity contribution < 1.29 is 23.1 Å². The number of rotatable bonds is 4. The topological polar surface area (TPSA) is 95.9 Å². The highest BCUT2D eigenvalue weighted by Crippen LogP contribution is 2.51. The fraction of sp³-hybridized carbons (Fsp3) is 0.571. The zero-order chi connectivity index (χ0) is 31.1. The molecule has 2 heterocycles. The van der Waals surface area contributed by atoms with Crippen LogP contribution in [0.4, 0.5) is 5.69 Å². The first-order chi connectivity index (χ1) is 21.1. The Hall–Kier alpha value is -2.55. The Kier molecular flexibility index (Phi) is 8.81. The second-order valence-electron chi connectivity index (χ2n) is 13.7. The molecule has 5 atom stereocenters. The number of nitrogens with one attached hydrogen (secondary N) is 1. The van der Waals surface area contributed by atoms with Gasteiger partial charge in [0.15, 0.2) is 0 Å². The molecule has 4 aliphatic rings. The smallest absolute Gasteiger partial charge is 0.264 e. The molecule has 44 heavy (non-hydrogen) atoms. The highest BCUT2D eigenvalue weighted by Gasteiger charge is 2.48. The van der Waals surface area contributed by atoms with Gasteiger partial charge in [0, 0.05) is 34.5 Å². The zero-order valence-electron chi connectivity index (χ0n) is 25.9. The number of carbonyl (C=O) groups is 1. The molecule has 9 heteroatoms. The van der Waals surface area contributed by atoms with Crippen LogP contribution in [0.2, 0.25) is 5.02 Å². The largest absolute Gasteiger partial charge is 0.490 e. The van der Waals surface area contributed by atoms with Crippen molar-refractivity contribution in [3.63, 3.8) is 0 Å². The van der Waals surface area contributed by atoms with Crippen LogP contribution in [0, 0.1) is 17.3 Å². The van der Waals surface area contributed by atoms with Crippen LogP contribution in [0.25, 0.3) is 0 Å². The molecule has 1 fully saturated rings. The van der Waals surface area contributed by atoms with Crippen molar-refractivity contribution >= 4 is 33.2 Å². The number of hydrogen-bond acceptors (Lipinski definition) is 6. The molecule has 1 spiro atoms. The van der Waals surface area contributed by atoms with E-state index >= 15 is 0 Å². The van der Waals surface area contributed by atoms with E-state index in [1.54, 1.807) is 12.1 Å². The molecule has 2 bridgehead atoms. The summed E-state index contributed by atoms with van der Waals surface area (Å²) in [4.78, 5) is 15.9. The van der Waals surface area contributed by atoms with Crippen molar-refractivity contribution in [3.05, 3.63) is 70.3 Å². The normalized spacial score (nSPS) is 32.0. The number of unbranched alkanes of at least 4 members (excludes halogenated alkanes) is 1. The van der Waals surface area contributed by atoms with Crippen molar-refractivity contribution in [2.24, 2.45) is 17.3 Å². The molecule has 1 saturated carbocycles. The van der Waals surface area contributed by atoms with E-state index in [1.807, 2.05) is 26.0 Å². The highest BCUT2D eigenvalue weighted by atomic mass is 35.5. The van der Waals surface area contributed by atoms with E-state index in [0.717, 1.165) is 55.7 Å². The molecule has 2 aromatic carbocycles. The molecule has 0 aromatic heterocycles. The van der Waals surface area contributed by atoms with E-state index in [1.165, 1.54) is 11.1 Å². The lowest BCUT2D eigenvalue weighted by Crippen LogP contribution is -2.51. The number of halogens is 1. The number of benzene rings is 2. The predicted octanol–water partition coefficient (Wildman–Crippen LogP) is 6.42. The second-order valence-corrected chi connectivity index (χ2v) is 16.0. The van der Waals surface area contributed by atoms with Crippen molar-refractivity contribution in [2.45, 2.75) is 82.3 Å². The summed E-state index contributed by atoms with van der Waals surface area (Å²) in [7, 11) is -3.93. The van der Waals surface area contributed by atoms with Gasteiger partial charge in [-0.3, -0.25) is 4.79 Å². The number of hydrogen-bond donors (Lipinski definition) is 2. The van der Waals surface area contributed by atoms with E-state index in [2.05, 4.69) is 33.9 Å². The van der Waals surface area contributed by atoms with E-state index in [4.69, 9.17) is 16.3 Å². The molecule has 6 rings (SSSR count). The Morgan fingerprint density at radius 1 is 1.18 bits per heavy atom. The van der Waals surface area contributed by atoms with Crippen LogP contribution in [0.5, 0.6) is 5.75 Å². The van der Waals surface area contributed by atoms with Gasteiger partial charge in [0.05, 0.1) is 24.2 Å². The summed E-state index contributed by atoms with van der Waals surface area (Å²) in [6.45, 7) is 5.92. The molecule has 0 saturated heterocycles. The number of sulfonamides is 1. The van der Waals surface area contributed by atoms with Gasteiger partial charge in [-0.2, -0.15) is 0 Å². The van der Waals surface area contributed by atoms with Crippen LogP contribution in [0.15, 0.2) is 48.6 Å². The quantitative estimate of drug-likeness (QED) is 0.375. The highest BCUT2D eigenvalue weighted by molar-refractivity contribution is 7.90. The number of anilines is 1. The molecule has 2 aliphatic carbocycles. The molecular weight excluding hydrogens is 596 g/mol. The average molecular weight is 641 g/mol. The third-order valence-electron chi connectivity index (χ3n) is 10.9. The monoisotopic (exact) mass is 640 g/mol. The number of nitrogens with zero attached hydrogens (tertiary/aromatic N) is 1. The van der Waals surface area contributed by atoms with Crippen LogP contribution in [-0.4, -0.2) is 51.0 Å². The summed E-state index contributed by atoms with van der Waals surface area (Å²) >= 11 is 6.41. The average Bonchev–Trinajstić information content (AvgIpc) is 3.13. The van der Waals surface area contributed by atoms with Gasteiger partial charge in [-0.05, 0) is 98.2 Å². The number of aryl methyl sites for hydroxylation is 1. The molecule has 2 aromatic rings. The molecule has 2 N–H and O–H groups in total. The van der Waals surface area contributed by atoms with Crippen LogP contribution >= 0.6 is 11.6 Å². The van der Waals surface area contributed by atoms with Crippen molar-refractivity contribution in [1.29, 1.82) is 0 Å². The van der Waals surface area contributed by atoms with Crippen LogP contribution in [0.3, 0.4) is 0 Å². The van der Waals surface area contributed by atoms with Crippen LogP contribution < -0.4 is 14.4 Å². The van der Waals surface area contributed by atoms with Crippen LogP contribution in [0.1, 0.15) is 86.7 Å². The number of aliphatic hydroxyl groups is 1. The second kappa shape index (κ2) is 12.3. The van der Waals surface area contributed by atoms with Gasteiger partial charge >= 0.3 is 0 Å². The molecular formula is C35H45ClN2O5S. The van der Waals surface area contributed by atoms with Crippen molar-refractivity contribution in [1.82, 2.24) is 4.72 Å². The zero-order valence-corrected chi connectivity index (χ0v) is 27.4. The van der Waals surface area contributed by atoms with E-state index < -0.39 is 21.2 Å². The van der Waals surface area contributed by atoms with E-state index in [-0.39, 0.29) is 29.3 Å². The lowest BCUT2D eigenvalue weighted by molar-refractivity contribution is 0.0213. The third kappa shape index (κ3) is 5.78. The number of allylic oxidation sites excluding steroid dienone is 1. The lowest BCUT2D eigenvalue weighted by Gasteiger charge is -2.50. The fourth-order valence-electron chi connectivity index (χ4n) is 8.08. The maximum absolute atomic E-state index is 13.7. The molecule has 238 valence electrons. The Labute approximate surface area is 267 Å². The summed E-state index contributed by atoms with van der Waals surface area (Å²) in [5.41, 5.74) is 2.97. The van der Waals surface area contributed by atoms with Gasteiger partial charge < -0.3 is 14.7 Å². The number of aliphatic hydroxyl groups excluding tert-OH is 1. The standard InChI is InChI=1S/C35H45ClN2O5S/c1-3-4-9-32-24(2)7-5-15-34(22-39)17-14-27(34)20-38-21-35(16-6-8-25-18-28(36)11-12-29(25)35)23-43-31-13-10-26(19-30(31)38)33(40)37-44(32,41)42/h5,10-13,15,18-19,24,27,32,39H,3-4,6-9,14,16-17,20-23H2,1-2H3,(H,37,40)/b15-5-/t24-,27-,32-,34+,35-/m0/s1. The fourth-order valence-corrected chi connectivity index (χ4v) is 10.00. The van der Waals surface area contributed by atoms with Crippen LogP contribution in [-0.2, 0) is 21.9 Å². The lowest BCUT2D eigenvalue weighted by atomic mass is 9.59.